The third-order valence-electron chi connectivity index (χ3n) is 5.38. The predicted octanol–water partition coefficient (Wildman–Crippen LogP) is 2.24. The Morgan fingerprint density at radius 1 is 0.912 bits per heavy atom. The van der Waals surface area contributed by atoms with E-state index in [0.29, 0.717) is 0 Å². The van der Waals surface area contributed by atoms with Crippen LogP contribution in [0, 0.1) is 0 Å². The molecule has 0 aliphatic heterocycles. The molecule has 0 aromatic heterocycles. The van der Waals surface area contributed by atoms with Gasteiger partial charge in [-0.3, -0.25) is 4.79 Å². The van der Waals surface area contributed by atoms with Gasteiger partial charge >= 0.3 is 12.1 Å². The van der Waals surface area contributed by atoms with E-state index in [-0.39, 0.29) is 51.4 Å². The summed E-state index contributed by atoms with van der Waals surface area (Å²) in [6, 6.07) is 15.5. The second kappa shape index (κ2) is 12.7. The van der Waals surface area contributed by atoms with Crippen molar-refractivity contribution in [2.75, 3.05) is 46.7 Å². The van der Waals surface area contributed by atoms with Gasteiger partial charge in [-0.2, -0.15) is 0 Å². The molecule has 2 aromatic carbocycles. The molecular weight excluding hydrogens is 440 g/mol. The van der Waals surface area contributed by atoms with Gasteiger partial charge in [-0.05, 0) is 22.3 Å². The molecule has 3 rings (SSSR count). The quantitative estimate of drug-likeness (QED) is 0.361. The number of carbonyl (C=O) groups excluding carboxylic acids is 3. The number of esters is 1. The van der Waals surface area contributed by atoms with Crippen LogP contribution in [0.25, 0.3) is 11.1 Å². The van der Waals surface area contributed by atoms with Crippen LogP contribution in [0.4, 0.5) is 4.79 Å². The number of hydrogen-bond donors (Lipinski definition) is 2. The van der Waals surface area contributed by atoms with Gasteiger partial charge < -0.3 is 29.6 Å². The van der Waals surface area contributed by atoms with Crippen LogP contribution in [0.15, 0.2) is 48.5 Å². The van der Waals surface area contributed by atoms with Crippen LogP contribution in [0.1, 0.15) is 24.0 Å². The molecule has 9 heteroatoms. The molecule has 0 heterocycles. The maximum Gasteiger partial charge on any atom is 0.407 e. The minimum atomic E-state index is -0.863. The van der Waals surface area contributed by atoms with Gasteiger partial charge in [0.25, 0.3) is 0 Å². The van der Waals surface area contributed by atoms with Gasteiger partial charge in [0.1, 0.15) is 6.61 Å². The lowest BCUT2D eigenvalue weighted by atomic mass is 9.98. The largest absolute Gasteiger partial charge is 0.467 e. The normalized spacial score (nSPS) is 12.9. The van der Waals surface area contributed by atoms with Crippen molar-refractivity contribution in [2.24, 2.45) is 0 Å². The van der Waals surface area contributed by atoms with Crippen molar-refractivity contribution >= 4 is 18.0 Å². The number of hydrogen-bond acceptors (Lipinski definition) is 7. The van der Waals surface area contributed by atoms with E-state index in [1.807, 2.05) is 24.3 Å². The van der Waals surface area contributed by atoms with Crippen LogP contribution in [0.5, 0.6) is 0 Å². The molecule has 2 amide bonds. The highest BCUT2D eigenvalue weighted by atomic mass is 16.6. The van der Waals surface area contributed by atoms with Gasteiger partial charge in [0.05, 0.1) is 33.5 Å². The minimum Gasteiger partial charge on any atom is -0.467 e. The van der Waals surface area contributed by atoms with Crippen LogP contribution in [0.3, 0.4) is 0 Å². The number of amides is 2. The van der Waals surface area contributed by atoms with Gasteiger partial charge in [-0.1, -0.05) is 48.5 Å². The summed E-state index contributed by atoms with van der Waals surface area (Å²) >= 11 is 0. The first-order valence-corrected chi connectivity index (χ1v) is 11.1. The van der Waals surface area contributed by atoms with E-state index in [9.17, 15) is 14.4 Å². The van der Waals surface area contributed by atoms with Gasteiger partial charge in [0.2, 0.25) is 5.91 Å². The number of carbonyl (C=O) groups is 3. The number of fused-ring (bicyclic) bond motifs is 3. The molecule has 1 aliphatic rings. The van der Waals surface area contributed by atoms with E-state index < -0.39 is 18.1 Å². The smallest absolute Gasteiger partial charge is 0.407 e. The van der Waals surface area contributed by atoms with Crippen molar-refractivity contribution in [1.29, 1.82) is 0 Å². The Hall–Kier alpha value is -3.43. The Labute approximate surface area is 198 Å². The fraction of sp³-hybridized carbons (Fsp3) is 0.400. The van der Waals surface area contributed by atoms with Gasteiger partial charge in [-0.25, -0.2) is 9.59 Å². The number of ether oxygens (including phenoxy) is 4. The Kier molecular flexibility index (Phi) is 9.42. The molecule has 0 radical (unpaired) electrons. The maximum absolute atomic E-state index is 12.1. The SMILES string of the molecule is COC(=O)[C@H](COCCOCCNC(=O)OCC1c2ccccc2-c2ccccc21)NC(C)=O. The van der Waals surface area contributed by atoms with Crippen LogP contribution in [0.2, 0.25) is 0 Å². The van der Waals surface area contributed by atoms with Crippen LogP contribution < -0.4 is 10.6 Å². The highest BCUT2D eigenvalue weighted by molar-refractivity contribution is 5.83. The number of nitrogens with one attached hydrogen (secondary N) is 2. The molecule has 9 nitrogen and oxygen atoms in total. The third-order valence-corrected chi connectivity index (χ3v) is 5.38. The van der Waals surface area contributed by atoms with Crippen molar-refractivity contribution in [2.45, 2.75) is 18.9 Å². The Balaban J connectivity index is 1.30. The number of benzene rings is 2. The highest BCUT2D eigenvalue weighted by Gasteiger charge is 2.29. The van der Waals surface area contributed by atoms with E-state index in [1.165, 1.54) is 25.2 Å². The molecule has 0 fully saturated rings. The summed E-state index contributed by atoms with van der Waals surface area (Å²) in [7, 11) is 1.24. The zero-order chi connectivity index (χ0) is 24.3. The standard InChI is InChI=1S/C25H30N2O7/c1-17(28)27-23(24(29)31-2)16-33-14-13-32-12-11-26-25(30)34-15-22-20-9-5-3-7-18(20)19-8-4-6-10-21(19)22/h3-10,22-23H,11-16H2,1-2H3,(H,26,30)(H,27,28)/t23-/m0/s1. The van der Waals surface area contributed by atoms with E-state index in [4.69, 9.17) is 14.2 Å². The van der Waals surface area contributed by atoms with Crippen LogP contribution >= 0.6 is 0 Å². The zero-order valence-electron chi connectivity index (χ0n) is 19.4. The first-order chi connectivity index (χ1) is 16.5. The summed E-state index contributed by atoms with van der Waals surface area (Å²) in [6.45, 7) is 2.59. The summed E-state index contributed by atoms with van der Waals surface area (Å²) in [6.07, 6.45) is -0.502. The maximum atomic E-state index is 12.1. The van der Waals surface area contributed by atoms with Crippen molar-refractivity contribution < 1.29 is 33.3 Å². The second-order valence-electron chi connectivity index (χ2n) is 7.72. The predicted molar refractivity (Wildman–Crippen MR) is 124 cm³/mol. The van der Waals surface area contributed by atoms with Gasteiger partial charge in [0, 0.05) is 19.4 Å². The lowest BCUT2D eigenvalue weighted by Gasteiger charge is -2.15. The molecule has 0 bridgehead atoms. The van der Waals surface area contributed by atoms with E-state index in [1.54, 1.807) is 0 Å². The van der Waals surface area contributed by atoms with Crippen molar-refractivity contribution in [3.05, 3.63) is 59.7 Å². The number of methoxy groups -OCH3 is 1. The summed E-state index contributed by atoms with van der Waals surface area (Å²) in [5.74, 6) is -0.921. The number of alkyl carbamates (subject to hydrolysis) is 1. The Morgan fingerprint density at radius 2 is 1.53 bits per heavy atom. The molecule has 0 saturated heterocycles. The topological polar surface area (TPSA) is 112 Å². The Morgan fingerprint density at radius 3 is 2.15 bits per heavy atom. The zero-order valence-corrected chi connectivity index (χ0v) is 19.4. The fourth-order valence-corrected chi connectivity index (χ4v) is 3.85. The van der Waals surface area contributed by atoms with Crippen molar-refractivity contribution in [3.8, 4) is 11.1 Å². The first kappa shape index (κ1) is 25.2. The first-order valence-electron chi connectivity index (χ1n) is 11.1. The molecular formula is C25H30N2O7. The van der Waals surface area contributed by atoms with E-state index >= 15 is 0 Å². The van der Waals surface area contributed by atoms with Crippen molar-refractivity contribution in [3.63, 3.8) is 0 Å². The molecule has 2 aromatic rings. The molecule has 0 saturated carbocycles. The van der Waals surface area contributed by atoms with E-state index in [0.717, 1.165) is 11.1 Å². The third kappa shape index (κ3) is 6.79. The fourth-order valence-electron chi connectivity index (χ4n) is 3.85. The molecule has 182 valence electrons. The minimum absolute atomic E-state index is 0.0119. The van der Waals surface area contributed by atoms with Crippen molar-refractivity contribution in [1.82, 2.24) is 10.6 Å². The average molecular weight is 471 g/mol. The summed E-state index contributed by atoms with van der Waals surface area (Å²) in [4.78, 5) is 34.8. The van der Waals surface area contributed by atoms with Gasteiger partial charge in [0.15, 0.2) is 6.04 Å². The molecule has 1 aliphatic carbocycles. The number of rotatable bonds is 12. The monoisotopic (exact) mass is 470 g/mol. The molecule has 0 unspecified atom stereocenters. The molecule has 34 heavy (non-hydrogen) atoms. The van der Waals surface area contributed by atoms with Gasteiger partial charge in [-0.15, -0.1) is 0 Å². The lowest BCUT2D eigenvalue weighted by Crippen LogP contribution is -2.44. The second-order valence-corrected chi connectivity index (χ2v) is 7.72. The molecule has 1 atom stereocenters. The Bertz CT molecular complexity index is 949. The summed E-state index contributed by atoms with van der Waals surface area (Å²) < 4.78 is 20.8. The average Bonchev–Trinajstić information content (AvgIpc) is 3.16. The molecule has 0 spiro atoms. The van der Waals surface area contributed by atoms with Crippen LogP contribution in [-0.2, 0) is 28.5 Å². The highest BCUT2D eigenvalue weighted by Crippen LogP contribution is 2.44. The lowest BCUT2D eigenvalue weighted by molar-refractivity contribution is -0.146. The van der Waals surface area contributed by atoms with E-state index in [2.05, 4.69) is 39.6 Å². The summed E-state index contributed by atoms with van der Waals surface area (Å²) in [5.41, 5.74) is 4.68. The van der Waals surface area contributed by atoms with Crippen LogP contribution in [-0.4, -0.2) is 70.7 Å². The molecule has 2 N–H and O–H groups in total. The summed E-state index contributed by atoms with van der Waals surface area (Å²) in [5, 5.41) is 5.13.